The number of hydrogen-bond donors (Lipinski definition) is 0. The predicted molar refractivity (Wildman–Crippen MR) is 74.7 cm³/mol. The van der Waals surface area contributed by atoms with Crippen LogP contribution in [0.5, 0.6) is 0 Å². The molecule has 0 aromatic carbocycles. The summed E-state index contributed by atoms with van der Waals surface area (Å²) in [5, 5.41) is 0. The summed E-state index contributed by atoms with van der Waals surface area (Å²) in [4.78, 5) is 12.5. The van der Waals surface area contributed by atoms with Crippen molar-refractivity contribution >= 4 is 15.9 Å². The van der Waals surface area contributed by atoms with Gasteiger partial charge in [-0.05, 0) is 44.3 Å². The van der Waals surface area contributed by atoms with Gasteiger partial charge in [0.15, 0.2) is 10.5 Å². The second-order valence-electron chi connectivity index (χ2n) is 5.13. The van der Waals surface area contributed by atoms with Gasteiger partial charge in [0, 0.05) is 13.2 Å². The van der Waals surface area contributed by atoms with Gasteiger partial charge in [0.2, 0.25) is 0 Å². The van der Waals surface area contributed by atoms with Gasteiger partial charge in [-0.25, -0.2) is 0 Å². The van der Waals surface area contributed by atoms with Crippen LogP contribution in [0.4, 0.5) is 0 Å². The molecule has 1 fully saturated rings. The van der Waals surface area contributed by atoms with Crippen LogP contribution in [-0.2, 0) is 23.8 Å². The second kappa shape index (κ2) is 5.79. The molecule has 112 valence electrons. The molecule has 20 heavy (non-hydrogen) atoms. The number of carbonyl (C=O) groups is 1. The molecule has 0 spiro atoms. The van der Waals surface area contributed by atoms with Crippen LogP contribution in [0.15, 0.2) is 23.8 Å². The molecular formula is C14H20O5S. The summed E-state index contributed by atoms with van der Waals surface area (Å²) in [6.07, 6.45) is 5.66. The Morgan fingerprint density at radius 3 is 2.60 bits per heavy atom. The van der Waals surface area contributed by atoms with Crippen LogP contribution >= 0.6 is 0 Å². The maximum Gasteiger partial charge on any atom is 0.284 e. The third-order valence-electron chi connectivity index (χ3n) is 3.85. The Morgan fingerprint density at radius 1 is 1.40 bits per heavy atom. The molecule has 5 nitrogen and oxygen atoms in total. The summed E-state index contributed by atoms with van der Waals surface area (Å²) in [5.41, 5.74) is 0.754. The highest BCUT2D eigenvalue weighted by Crippen LogP contribution is 2.40. The van der Waals surface area contributed by atoms with Crippen molar-refractivity contribution < 1.29 is 22.1 Å². The Hall–Kier alpha value is -0.980. The van der Waals surface area contributed by atoms with E-state index in [4.69, 9.17) is 8.92 Å². The molecule has 0 radical (unpaired) electrons. The van der Waals surface area contributed by atoms with Gasteiger partial charge < -0.3 is 4.74 Å². The molecule has 0 bridgehead atoms. The van der Waals surface area contributed by atoms with Crippen LogP contribution in [0.3, 0.4) is 0 Å². The molecule has 0 saturated carbocycles. The van der Waals surface area contributed by atoms with Gasteiger partial charge in [0.1, 0.15) is 0 Å². The maximum atomic E-state index is 12.6. The van der Waals surface area contributed by atoms with Crippen molar-refractivity contribution in [1.29, 1.82) is 0 Å². The van der Waals surface area contributed by atoms with E-state index in [2.05, 4.69) is 0 Å². The number of rotatable bonds is 4. The fourth-order valence-corrected chi connectivity index (χ4v) is 4.52. The van der Waals surface area contributed by atoms with E-state index in [-0.39, 0.29) is 12.5 Å². The Bertz CT molecular complexity index is 540. The number of ketones is 1. The first kappa shape index (κ1) is 15.4. The third kappa shape index (κ3) is 2.47. The van der Waals surface area contributed by atoms with E-state index < -0.39 is 20.6 Å². The monoisotopic (exact) mass is 300 g/mol. The standard InChI is InChI=1S/C14H20O5S/c1-3-19-20(16,17)14(12-5-8-18-9-6-12)7-4-11(2)10-13(14)15/h4,7,10,12H,3,5-6,8-9H2,1-2H3. The van der Waals surface area contributed by atoms with Crippen molar-refractivity contribution in [3.05, 3.63) is 23.8 Å². The average molecular weight is 300 g/mol. The van der Waals surface area contributed by atoms with Gasteiger partial charge in [-0.15, -0.1) is 0 Å². The van der Waals surface area contributed by atoms with Crippen LogP contribution in [0, 0.1) is 5.92 Å². The zero-order valence-corrected chi connectivity index (χ0v) is 12.6. The predicted octanol–water partition coefficient (Wildman–Crippen LogP) is 1.60. The minimum atomic E-state index is -4.00. The molecular weight excluding hydrogens is 280 g/mol. The van der Waals surface area contributed by atoms with Crippen molar-refractivity contribution in [1.82, 2.24) is 0 Å². The molecule has 1 saturated heterocycles. The molecule has 1 unspecified atom stereocenters. The van der Waals surface area contributed by atoms with Crippen molar-refractivity contribution in [2.24, 2.45) is 5.92 Å². The zero-order chi connectivity index (χ0) is 14.8. The van der Waals surface area contributed by atoms with Gasteiger partial charge >= 0.3 is 0 Å². The Kier molecular flexibility index (Phi) is 4.46. The molecule has 0 aromatic rings. The van der Waals surface area contributed by atoms with Crippen molar-refractivity contribution in [3.63, 3.8) is 0 Å². The first-order chi connectivity index (χ1) is 9.44. The van der Waals surface area contributed by atoms with Crippen LogP contribution in [0.25, 0.3) is 0 Å². The van der Waals surface area contributed by atoms with Gasteiger partial charge in [-0.3, -0.25) is 8.98 Å². The SMILES string of the molecule is CCOS(=O)(=O)C1(C2CCOCC2)C=CC(C)=CC1=O. The van der Waals surface area contributed by atoms with Crippen LogP contribution < -0.4 is 0 Å². The smallest absolute Gasteiger partial charge is 0.284 e. The van der Waals surface area contributed by atoms with Crippen LogP contribution in [-0.4, -0.2) is 38.8 Å². The van der Waals surface area contributed by atoms with E-state index in [1.54, 1.807) is 19.9 Å². The molecule has 2 aliphatic rings. The average Bonchev–Trinajstić information content (AvgIpc) is 2.39. The lowest BCUT2D eigenvalue weighted by Crippen LogP contribution is -2.53. The van der Waals surface area contributed by atoms with E-state index in [9.17, 15) is 13.2 Å². The molecule has 2 rings (SSSR count). The molecule has 1 heterocycles. The fourth-order valence-electron chi connectivity index (χ4n) is 2.83. The summed E-state index contributed by atoms with van der Waals surface area (Å²) < 4.78 is 33.8. The number of allylic oxidation sites excluding steroid dienone is 3. The highest BCUT2D eigenvalue weighted by Gasteiger charge is 2.55. The second-order valence-corrected chi connectivity index (χ2v) is 6.95. The zero-order valence-electron chi connectivity index (χ0n) is 11.8. The number of hydrogen-bond acceptors (Lipinski definition) is 5. The van der Waals surface area contributed by atoms with Crippen molar-refractivity contribution in [3.8, 4) is 0 Å². The van der Waals surface area contributed by atoms with Crippen LogP contribution in [0.1, 0.15) is 26.7 Å². The lowest BCUT2D eigenvalue weighted by atomic mass is 9.79. The molecule has 1 aliphatic heterocycles. The first-order valence-corrected chi connectivity index (χ1v) is 8.23. The van der Waals surface area contributed by atoms with Gasteiger partial charge in [-0.2, -0.15) is 8.42 Å². The normalized spacial score (nSPS) is 28.5. The molecule has 1 atom stereocenters. The van der Waals surface area contributed by atoms with E-state index in [0.717, 1.165) is 5.57 Å². The van der Waals surface area contributed by atoms with E-state index >= 15 is 0 Å². The number of ether oxygens (including phenoxy) is 1. The van der Waals surface area contributed by atoms with Gasteiger partial charge in [-0.1, -0.05) is 12.2 Å². The van der Waals surface area contributed by atoms with Crippen molar-refractivity contribution in [2.75, 3.05) is 19.8 Å². The fraction of sp³-hybridized carbons (Fsp3) is 0.643. The maximum absolute atomic E-state index is 12.6. The molecule has 1 aliphatic carbocycles. The van der Waals surface area contributed by atoms with Crippen LogP contribution in [0.2, 0.25) is 0 Å². The molecule has 0 aromatic heterocycles. The summed E-state index contributed by atoms with van der Waals surface area (Å²) in [5.74, 6) is -0.709. The minimum Gasteiger partial charge on any atom is -0.381 e. The Balaban J connectivity index is 2.49. The first-order valence-electron chi connectivity index (χ1n) is 6.82. The van der Waals surface area contributed by atoms with E-state index in [1.807, 2.05) is 0 Å². The summed E-state index contributed by atoms with van der Waals surface area (Å²) >= 11 is 0. The molecule has 6 heteroatoms. The highest BCUT2D eigenvalue weighted by molar-refractivity contribution is 7.89. The van der Waals surface area contributed by atoms with Gasteiger partial charge in [0.25, 0.3) is 10.1 Å². The largest absolute Gasteiger partial charge is 0.381 e. The summed E-state index contributed by atoms with van der Waals surface area (Å²) in [6.45, 7) is 4.34. The minimum absolute atomic E-state index is 0.0249. The topological polar surface area (TPSA) is 69.7 Å². The Morgan fingerprint density at radius 2 is 2.05 bits per heavy atom. The van der Waals surface area contributed by atoms with E-state index in [1.165, 1.54) is 12.2 Å². The lowest BCUT2D eigenvalue weighted by molar-refractivity contribution is -0.118. The van der Waals surface area contributed by atoms with Crippen molar-refractivity contribution in [2.45, 2.75) is 31.4 Å². The lowest BCUT2D eigenvalue weighted by Gasteiger charge is -2.38. The highest BCUT2D eigenvalue weighted by atomic mass is 32.2. The number of carbonyl (C=O) groups excluding carboxylic acids is 1. The summed E-state index contributed by atoms with van der Waals surface area (Å²) in [7, 11) is -4.00. The quantitative estimate of drug-likeness (QED) is 0.738. The van der Waals surface area contributed by atoms with Gasteiger partial charge in [0.05, 0.1) is 6.61 Å². The Labute approximate surface area is 119 Å². The molecule has 0 amide bonds. The van der Waals surface area contributed by atoms with E-state index in [0.29, 0.717) is 26.1 Å². The summed E-state index contributed by atoms with van der Waals surface area (Å²) in [6, 6.07) is 0. The molecule has 0 N–H and O–H groups in total. The third-order valence-corrected chi connectivity index (χ3v) is 5.90.